The van der Waals surface area contributed by atoms with Gasteiger partial charge in [0.25, 0.3) is 0 Å². The number of ether oxygens (including phenoxy) is 11. The summed E-state index contributed by atoms with van der Waals surface area (Å²) in [5.74, 6) is -2.68. The van der Waals surface area contributed by atoms with E-state index in [0.717, 1.165) is 12.8 Å². The molecule has 15 nitrogen and oxygen atoms in total. The maximum Gasteiger partial charge on any atom is 1.00 e. The van der Waals surface area contributed by atoms with Crippen molar-refractivity contribution in [3.8, 4) is 0 Å². The van der Waals surface area contributed by atoms with Crippen LogP contribution in [0.5, 0.6) is 0 Å². The predicted molar refractivity (Wildman–Crippen MR) is 205 cm³/mol. The second kappa shape index (κ2) is 23.3. The SMILES string of the molecule is CCOC(=O)CCC(C)=O.CCOC(=O)CCC1(C)OCC(C2COC(C)(CCC(=O)OCC)O2)O1.[CH2+]C(C)CC1(C)OCC(C2COC(C)(CC(C)C)O2)O1.[H+]. The largest absolute Gasteiger partial charge is 1.00 e. The highest BCUT2D eigenvalue weighted by Crippen LogP contribution is 2.38. The van der Waals surface area contributed by atoms with Gasteiger partial charge in [0, 0.05) is 32.1 Å². The molecule has 56 heavy (non-hydrogen) atoms. The molecule has 0 bridgehead atoms. The Kier molecular flexibility index (Phi) is 20.7. The van der Waals surface area contributed by atoms with Gasteiger partial charge in [-0.3, -0.25) is 14.4 Å². The number of Topliss-reactive ketones (excluding diaryl/α,β-unsaturated/α-hetero) is 1. The predicted octanol–water partition coefficient (Wildman–Crippen LogP) is 6.12. The van der Waals surface area contributed by atoms with E-state index in [2.05, 4.69) is 32.4 Å². The second-order valence-electron chi connectivity index (χ2n) is 15.9. The number of hydrogen-bond acceptors (Lipinski definition) is 15. The first-order chi connectivity index (χ1) is 26.2. The summed E-state index contributed by atoms with van der Waals surface area (Å²) in [7, 11) is 0. The summed E-state index contributed by atoms with van der Waals surface area (Å²) in [6.07, 6.45) is 2.82. The zero-order chi connectivity index (χ0) is 42.2. The molecule has 0 radical (unpaired) electrons. The average molecular weight is 805 g/mol. The lowest BCUT2D eigenvalue weighted by Crippen LogP contribution is -2.36. The maximum absolute atomic E-state index is 11.5. The first-order valence-electron chi connectivity index (χ1n) is 20.2. The quantitative estimate of drug-likeness (QED) is 0.0881. The van der Waals surface area contributed by atoms with Gasteiger partial charge in [-0.25, -0.2) is 0 Å². The number of rotatable bonds is 18. The molecule has 15 heteroatoms. The van der Waals surface area contributed by atoms with E-state index >= 15 is 0 Å². The topological polar surface area (TPSA) is 170 Å². The molecule has 324 valence electrons. The Morgan fingerprint density at radius 2 is 0.893 bits per heavy atom. The van der Waals surface area contributed by atoms with Gasteiger partial charge in [0.1, 0.15) is 30.2 Å². The maximum atomic E-state index is 11.5. The molecule has 4 heterocycles. The fraction of sp³-hybridized carbons (Fsp3) is 0.878. The van der Waals surface area contributed by atoms with Gasteiger partial charge >= 0.3 is 19.3 Å². The van der Waals surface area contributed by atoms with Gasteiger partial charge in [-0.1, -0.05) is 13.8 Å². The second-order valence-corrected chi connectivity index (χ2v) is 15.9. The molecule has 4 saturated heterocycles. The molecule has 4 aliphatic rings. The highest BCUT2D eigenvalue weighted by Gasteiger charge is 2.49. The molecule has 4 rings (SSSR count). The van der Waals surface area contributed by atoms with Crippen molar-refractivity contribution in [1.82, 2.24) is 0 Å². The third-order valence-corrected chi connectivity index (χ3v) is 9.31. The van der Waals surface area contributed by atoms with Crippen molar-refractivity contribution in [2.24, 2.45) is 11.8 Å². The molecule has 0 N–H and O–H groups in total. The Morgan fingerprint density at radius 3 is 1.21 bits per heavy atom. The van der Waals surface area contributed by atoms with E-state index in [1.54, 1.807) is 20.8 Å². The van der Waals surface area contributed by atoms with Gasteiger partial charge in [-0.05, 0) is 68.2 Å². The van der Waals surface area contributed by atoms with Crippen molar-refractivity contribution in [2.75, 3.05) is 46.2 Å². The molecule has 0 saturated carbocycles. The average Bonchev–Trinajstić information content (AvgIpc) is 3.88. The van der Waals surface area contributed by atoms with Crippen LogP contribution in [0.1, 0.15) is 129 Å². The molecule has 4 fully saturated rings. The fourth-order valence-electron chi connectivity index (χ4n) is 6.81. The number of ketones is 1. The fourth-order valence-corrected chi connectivity index (χ4v) is 6.81. The molecule has 0 spiro atoms. The number of esters is 3. The van der Waals surface area contributed by atoms with Crippen molar-refractivity contribution in [3.05, 3.63) is 6.92 Å². The van der Waals surface area contributed by atoms with Crippen LogP contribution in [0.15, 0.2) is 0 Å². The smallest absolute Gasteiger partial charge is 0.466 e. The third kappa shape index (κ3) is 18.0. The minimum Gasteiger partial charge on any atom is -0.466 e. The summed E-state index contributed by atoms with van der Waals surface area (Å²) < 4.78 is 61.8. The lowest BCUT2D eigenvalue weighted by molar-refractivity contribution is -0.196. The van der Waals surface area contributed by atoms with Gasteiger partial charge in [-0.2, -0.15) is 0 Å². The van der Waals surface area contributed by atoms with Crippen LogP contribution in [0.25, 0.3) is 0 Å². The van der Waals surface area contributed by atoms with E-state index < -0.39 is 23.1 Å². The highest BCUT2D eigenvalue weighted by molar-refractivity contribution is 5.80. The Labute approximate surface area is 336 Å². The number of carbonyl (C=O) groups is 4. The van der Waals surface area contributed by atoms with E-state index in [1.807, 2.05) is 27.7 Å². The van der Waals surface area contributed by atoms with E-state index in [9.17, 15) is 19.2 Å². The van der Waals surface area contributed by atoms with Crippen LogP contribution >= 0.6 is 0 Å². The normalized spacial score (nSPS) is 32.9. The molecule has 4 aliphatic heterocycles. The molecule has 0 aromatic rings. The summed E-state index contributed by atoms with van der Waals surface area (Å²) in [6.45, 7) is 27.8. The van der Waals surface area contributed by atoms with Crippen LogP contribution in [0.2, 0.25) is 0 Å². The molecule has 9 atom stereocenters. The van der Waals surface area contributed by atoms with Crippen molar-refractivity contribution in [3.63, 3.8) is 0 Å². The summed E-state index contributed by atoms with van der Waals surface area (Å²) in [5, 5.41) is 0. The Balaban J connectivity index is 0.000000465. The molecule has 9 unspecified atom stereocenters. The van der Waals surface area contributed by atoms with Crippen LogP contribution in [0.3, 0.4) is 0 Å². The van der Waals surface area contributed by atoms with Crippen LogP contribution < -0.4 is 0 Å². The highest BCUT2D eigenvalue weighted by atomic mass is 16.8. The minimum absolute atomic E-state index is 0. The number of hydrogen-bond donors (Lipinski definition) is 0. The molecule has 0 aromatic heterocycles. The summed E-state index contributed by atoms with van der Waals surface area (Å²) in [5.41, 5.74) is 0. The first-order valence-corrected chi connectivity index (χ1v) is 20.2. The van der Waals surface area contributed by atoms with Crippen LogP contribution in [0, 0.1) is 18.8 Å². The van der Waals surface area contributed by atoms with Gasteiger partial charge in [0.05, 0.1) is 78.4 Å². The Morgan fingerprint density at radius 1 is 0.571 bits per heavy atom. The van der Waals surface area contributed by atoms with E-state index in [-0.39, 0.29) is 68.8 Å². The van der Waals surface area contributed by atoms with Crippen molar-refractivity contribution < 1.29 is 72.7 Å². The van der Waals surface area contributed by atoms with Gasteiger partial charge in [0.2, 0.25) is 0 Å². The molecule has 0 aromatic carbocycles. The van der Waals surface area contributed by atoms with E-state index in [0.29, 0.717) is 77.3 Å². The van der Waals surface area contributed by atoms with Crippen LogP contribution in [0.4, 0.5) is 0 Å². The van der Waals surface area contributed by atoms with Crippen LogP contribution in [-0.2, 0) is 71.3 Å². The molecule has 0 aliphatic carbocycles. The van der Waals surface area contributed by atoms with Crippen molar-refractivity contribution in [1.29, 1.82) is 0 Å². The lowest BCUT2D eigenvalue weighted by Gasteiger charge is -2.27. The number of carbonyl (C=O) groups excluding carboxylic acids is 4. The molecular formula is C41H72O15+2. The molecular weight excluding hydrogens is 732 g/mol. The van der Waals surface area contributed by atoms with Crippen molar-refractivity contribution in [2.45, 2.75) is 175 Å². The Hall–Kier alpha value is -2.37. The summed E-state index contributed by atoms with van der Waals surface area (Å²) >= 11 is 0. The van der Waals surface area contributed by atoms with E-state index in [4.69, 9.17) is 47.4 Å². The third-order valence-electron chi connectivity index (χ3n) is 9.31. The van der Waals surface area contributed by atoms with Crippen molar-refractivity contribution >= 4 is 23.7 Å². The standard InChI is InChI=1S/C18H30O8.C16H29O4.C7H12O3/c1-5-21-15(19)7-9-17(3)23-11-13(25-17)14-12-24-18(4,26-14)10-8-16(20)22-6-2;1-11(2)7-15(5)17-9-13(19-15)14-10-18-16(6,20-14)8-12(3)4;1-3-10-7(9)5-4-6(2)8/h13-14H,5-12H2,1-4H3;11-14H,1,7-10H2,2-6H3;3-5H2,1-2H3/q;+1;/p+1. The zero-order valence-corrected chi connectivity index (χ0v) is 35.9. The van der Waals surface area contributed by atoms with Crippen LogP contribution in [-0.4, -0.2) is 118 Å². The monoisotopic (exact) mass is 804 g/mol. The van der Waals surface area contributed by atoms with Gasteiger partial charge < -0.3 is 56.9 Å². The van der Waals surface area contributed by atoms with Gasteiger partial charge in [0.15, 0.2) is 23.1 Å². The Bertz CT molecular complexity index is 1160. The minimum atomic E-state index is -0.843. The molecule has 0 amide bonds. The summed E-state index contributed by atoms with van der Waals surface area (Å²) in [6, 6.07) is 0. The first kappa shape index (κ1) is 49.8. The van der Waals surface area contributed by atoms with Gasteiger partial charge in [-0.15, -0.1) is 0 Å². The lowest BCUT2D eigenvalue weighted by atomic mass is 10.0. The zero-order valence-electron chi connectivity index (χ0n) is 36.9. The summed E-state index contributed by atoms with van der Waals surface area (Å²) in [4.78, 5) is 44.0. The van der Waals surface area contributed by atoms with E-state index in [1.165, 1.54) is 6.92 Å².